The molecule has 2 heterocycles. The number of rotatable bonds is 6. The number of hydrogen-bond donors (Lipinski definition) is 2. The summed E-state index contributed by atoms with van der Waals surface area (Å²) in [4.78, 5) is 25.7. The lowest BCUT2D eigenvalue weighted by Crippen LogP contribution is -2.36. The Balaban J connectivity index is 2.17. The molecule has 0 fully saturated rings. The number of ether oxygens (including phenoxy) is 1. The number of aromatic nitrogens is 2. The molecule has 0 saturated heterocycles. The first-order valence-electron chi connectivity index (χ1n) is 9.72. The summed E-state index contributed by atoms with van der Waals surface area (Å²) >= 11 is 0. The minimum atomic E-state index is -0.288. The van der Waals surface area contributed by atoms with Gasteiger partial charge in [0.25, 0.3) is 5.56 Å². The van der Waals surface area contributed by atoms with Crippen molar-refractivity contribution in [2.75, 3.05) is 13.7 Å². The second kappa shape index (κ2) is 9.33. The molecule has 156 valence electrons. The Morgan fingerprint density at radius 3 is 2.77 bits per heavy atom. The summed E-state index contributed by atoms with van der Waals surface area (Å²) < 4.78 is 8.50. The van der Waals surface area contributed by atoms with Crippen LogP contribution >= 0.6 is 0 Å². The number of nitrogens with one attached hydrogen (secondary N) is 1. The molecule has 0 aliphatic heterocycles. The summed E-state index contributed by atoms with van der Waals surface area (Å²) in [5, 5.41) is 11.7. The fraction of sp³-hybridized carbons (Fsp3) is 0.304. The molecule has 7 nitrogen and oxygen atoms in total. The summed E-state index contributed by atoms with van der Waals surface area (Å²) in [5.41, 5.74) is 2.15. The number of aliphatic hydroxyl groups excluding tert-OH is 1. The van der Waals surface area contributed by atoms with Crippen molar-refractivity contribution in [1.82, 2.24) is 14.3 Å². The number of nitrogens with zero attached hydrogens (tertiary/aromatic N) is 2. The van der Waals surface area contributed by atoms with Crippen LogP contribution in [0.15, 0.2) is 47.5 Å². The summed E-state index contributed by atoms with van der Waals surface area (Å²) in [5.74, 6) is 6.22. The van der Waals surface area contributed by atoms with Crippen LogP contribution < -0.4 is 15.6 Å². The number of carbonyl (C=O) groups excluding carboxylic acids is 1. The molecule has 0 bridgehead atoms. The van der Waals surface area contributed by atoms with Crippen LogP contribution in [-0.4, -0.2) is 39.7 Å². The molecule has 0 spiro atoms. The summed E-state index contributed by atoms with van der Waals surface area (Å²) in [6, 6.07) is 9.01. The zero-order valence-corrected chi connectivity index (χ0v) is 17.3. The van der Waals surface area contributed by atoms with Crippen LogP contribution in [0.2, 0.25) is 0 Å². The van der Waals surface area contributed by atoms with E-state index in [1.54, 1.807) is 23.8 Å². The molecule has 30 heavy (non-hydrogen) atoms. The summed E-state index contributed by atoms with van der Waals surface area (Å²) in [7, 11) is 1.58. The molecular weight excluding hydrogens is 382 g/mol. The number of carbonyl (C=O) groups is 1. The van der Waals surface area contributed by atoms with Crippen molar-refractivity contribution in [2.45, 2.75) is 32.9 Å². The second-order valence-electron chi connectivity index (χ2n) is 7.16. The number of hydrogen-bond acceptors (Lipinski definition) is 4. The van der Waals surface area contributed by atoms with Gasteiger partial charge in [0.05, 0.1) is 19.4 Å². The predicted octanol–water partition coefficient (Wildman–Crippen LogP) is 2.04. The van der Waals surface area contributed by atoms with Gasteiger partial charge in [-0.25, -0.2) is 0 Å². The largest absolute Gasteiger partial charge is 0.497 e. The highest BCUT2D eigenvalue weighted by atomic mass is 16.5. The highest BCUT2D eigenvalue weighted by Gasteiger charge is 2.16. The van der Waals surface area contributed by atoms with Crippen molar-refractivity contribution >= 4 is 11.4 Å². The molecule has 1 amide bonds. The number of amides is 1. The van der Waals surface area contributed by atoms with E-state index < -0.39 is 0 Å². The van der Waals surface area contributed by atoms with Gasteiger partial charge in [0.2, 0.25) is 5.91 Å². The summed E-state index contributed by atoms with van der Waals surface area (Å²) in [6.07, 6.45) is 3.94. The van der Waals surface area contributed by atoms with Gasteiger partial charge in [0.1, 0.15) is 17.8 Å². The van der Waals surface area contributed by atoms with Crippen molar-refractivity contribution in [1.29, 1.82) is 0 Å². The first kappa shape index (κ1) is 21.2. The second-order valence-corrected chi connectivity index (χ2v) is 7.16. The fourth-order valence-electron chi connectivity index (χ4n) is 3.18. The van der Waals surface area contributed by atoms with E-state index in [2.05, 4.69) is 17.2 Å². The van der Waals surface area contributed by atoms with Crippen LogP contribution in [0.1, 0.15) is 25.8 Å². The van der Waals surface area contributed by atoms with Gasteiger partial charge in [-0.3, -0.25) is 14.2 Å². The Bertz CT molecular complexity index is 1180. The Hall–Kier alpha value is -3.50. The number of benzene rings is 1. The van der Waals surface area contributed by atoms with E-state index in [0.29, 0.717) is 28.9 Å². The highest BCUT2D eigenvalue weighted by Crippen LogP contribution is 2.24. The molecule has 7 heteroatoms. The third-order valence-corrected chi connectivity index (χ3v) is 4.45. The average molecular weight is 407 g/mol. The first-order chi connectivity index (χ1) is 14.4. The van der Waals surface area contributed by atoms with Gasteiger partial charge in [0.15, 0.2) is 0 Å². The third-order valence-electron chi connectivity index (χ3n) is 4.45. The van der Waals surface area contributed by atoms with Crippen LogP contribution in [0, 0.1) is 11.8 Å². The minimum Gasteiger partial charge on any atom is -0.497 e. The maximum atomic E-state index is 13.3. The molecule has 1 aromatic carbocycles. The molecule has 2 N–H and O–H groups in total. The van der Waals surface area contributed by atoms with Gasteiger partial charge in [-0.15, -0.1) is 0 Å². The topological polar surface area (TPSA) is 85.0 Å². The van der Waals surface area contributed by atoms with Crippen molar-refractivity contribution in [3.05, 3.63) is 58.6 Å². The molecule has 0 unspecified atom stereocenters. The zero-order valence-electron chi connectivity index (χ0n) is 17.3. The van der Waals surface area contributed by atoms with Crippen LogP contribution in [0.5, 0.6) is 5.75 Å². The standard InChI is InChI=1S/C23H25N3O4/c1-16(2)24-22(28)15-26-21(18-8-6-9-19(12-18)30-3)14-25-13-17(7-4-5-10-27)11-20(25)23(26)29/h6,8-9,11-14,16,27H,5,10,15H2,1-3H3,(H,24,28). The molecule has 2 aromatic heterocycles. The zero-order chi connectivity index (χ0) is 21.7. The smallest absolute Gasteiger partial charge is 0.275 e. The van der Waals surface area contributed by atoms with Crippen molar-refractivity contribution in [3.8, 4) is 28.8 Å². The molecule has 0 saturated carbocycles. The van der Waals surface area contributed by atoms with Crippen LogP contribution in [0.3, 0.4) is 0 Å². The molecule has 3 rings (SSSR count). The lowest BCUT2D eigenvalue weighted by Gasteiger charge is -2.16. The Morgan fingerprint density at radius 1 is 1.27 bits per heavy atom. The molecule has 3 aromatic rings. The SMILES string of the molecule is COc1cccc(-c2cn3cc(C#CCCO)cc3c(=O)n2CC(=O)NC(C)C)c1. The summed E-state index contributed by atoms with van der Waals surface area (Å²) in [6.45, 7) is 3.63. The van der Waals surface area contributed by atoms with Crippen LogP contribution in [0.25, 0.3) is 16.8 Å². The maximum Gasteiger partial charge on any atom is 0.275 e. The lowest BCUT2D eigenvalue weighted by atomic mass is 10.1. The predicted molar refractivity (Wildman–Crippen MR) is 116 cm³/mol. The lowest BCUT2D eigenvalue weighted by molar-refractivity contribution is -0.122. The number of methoxy groups -OCH3 is 1. The van der Waals surface area contributed by atoms with E-state index in [-0.39, 0.29) is 30.7 Å². The van der Waals surface area contributed by atoms with Gasteiger partial charge < -0.3 is 19.6 Å². The van der Waals surface area contributed by atoms with Gasteiger partial charge in [0, 0.05) is 36.0 Å². The van der Waals surface area contributed by atoms with Gasteiger partial charge in [-0.1, -0.05) is 24.0 Å². The number of fused-ring (bicyclic) bond motifs is 1. The van der Waals surface area contributed by atoms with Crippen LogP contribution in [-0.2, 0) is 11.3 Å². The molecule has 0 aliphatic carbocycles. The number of aliphatic hydroxyl groups is 1. The van der Waals surface area contributed by atoms with Crippen molar-refractivity contribution < 1.29 is 14.6 Å². The molecule has 0 atom stereocenters. The van der Waals surface area contributed by atoms with Crippen LogP contribution in [0.4, 0.5) is 0 Å². The quantitative estimate of drug-likeness (QED) is 0.613. The molecule has 0 aliphatic rings. The van der Waals surface area contributed by atoms with E-state index in [1.165, 1.54) is 4.57 Å². The highest BCUT2D eigenvalue weighted by molar-refractivity contribution is 5.77. The van der Waals surface area contributed by atoms with Crippen molar-refractivity contribution in [2.24, 2.45) is 0 Å². The maximum absolute atomic E-state index is 13.3. The Labute approximate surface area is 174 Å². The van der Waals surface area contributed by atoms with E-state index in [9.17, 15) is 9.59 Å². The Morgan fingerprint density at radius 2 is 2.07 bits per heavy atom. The molecule has 0 radical (unpaired) electrons. The Kier molecular flexibility index (Phi) is 6.60. The van der Waals surface area contributed by atoms with E-state index in [1.807, 2.05) is 44.3 Å². The first-order valence-corrected chi connectivity index (χ1v) is 9.72. The molecular formula is C23H25N3O4. The van der Waals surface area contributed by atoms with Crippen molar-refractivity contribution in [3.63, 3.8) is 0 Å². The van der Waals surface area contributed by atoms with Gasteiger partial charge in [-0.2, -0.15) is 0 Å². The van der Waals surface area contributed by atoms with Gasteiger partial charge >= 0.3 is 0 Å². The monoisotopic (exact) mass is 407 g/mol. The van der Waals surface area contributed by atoms with Gasteiger partial charge in [-0.05, 0) is 32.0 Å². The fourth-order valence-corrected chi connectivity index (χ4v) is 3.18. The third kappa shape index (κ3) is 4.73. The average Bonchev–Trinajstić information content (AvgIpc) is 3.13. The normalized spacial score (nSPS) is 10.7. The van der Waals surface area contributed by atoms with E-state index >= 15 is 0 Å². The van der Waals surface area contributed by atoms with E-state index in [0.717, 1.165) is 5.56 Å². The minimum absolute atomic E-state index is 0.0157. The van der Waals surface area contributed by atoms with E-state index in [4.69, 9.17) is 9.84 Å².